The van der Waals surface area contributed by atoms with Gasteiger partial charge in [-0.1, -0.05) is 18.2 Å². The third-order valence-corrected chi connectivity index (χ3v) is 5.18. The maximum Gasteiger partial charge on any atom is 0.111 e. The second-order valence-electron chi connectivity index (χ2n) is 6.54. The molecule has 2 fully saturated rings. The first-order valence-corrected chi connectivity index (χ1v) is 8.54. The number of aliphatic hydroxyl groups is 1. The molecule has 0 bridgehead atoms. The largest absolute Gasteiger partial charge is 0.378 e. The van der Waals surface area contributed by atoms with Crippen molar-refractivity contribution >= 4 is 16.6 Å². The van der Waals surface area contributed by atoms with Gasteiger partial charge in [-0.3, -0.25) is 9.88 Å². The molecule has 2 N–H and O–H groups in total. The lowest BCUT2D eigenvalue weighted by molar-refractivity contribution is -0.0368. The number of piperazine rings is 1. The van der Waals surface area contributed by atoms with E-state index in [1.165, 1.54) is 11.1 Å². The first kappa shape index (κ1) is 14.9. The summed E-state index contributed by atoms with van der Waals surface area (Å²) in [6.07, 6.45) is 2.67. The molecule has 0 aliphatic carbocycles. The lowest BCUT2D eigenvalue weighted by Crippen LogP contribution is -2.52. The van der Waals surface area contributed by atoms with E-state index < -0.39 is 0 Å². The summed E-state index contributed by atoms with van der Waals surface area (Å²) >= 11 is 0. The van der Waals surface area contributed by atoms with Crippen molar-refractivity contribution in [2.45, 2.75) is 12.6 Å². The molecule has 5 nitrogen and oxygen atoms in total. The second-order valence-corrected chi connectivity index (χ2v) is 6.54. The number of hydrogen-bond donors (Lipinski definition) is 2. The van der Waals surface area contributed by atoms with Crippen molar-refractivity contribution in [3.63, 3.8) is 0 Å². The number of aromatic nitrogens is 1. The number of rotatable bonds is 3. The molecule has 3 heterocycles. The van der Waals surface area contributed by atoms with E-state index >= 15 is 0 Å². The molecule has 2 unspecified atom stereocenters. The van der Waals surface area contributed by atoms with E-state index in [0.717, 1.165) is 51.2 Å². The van der Waals surface area contributed by atoms with E-state index in [4.69, 9.17) is 0 Å². The van der Waals surface area contributed by atoms with Crippen LogP contribution in [0.15, 0.2) is 36.5 Å². The first-order valence-electron chi connectivity index (χ1n) is 8.54. The van der Waals surface area contributed by atoms with Gasteiger partial charge in [0.2, 0.25) is 0 Å². The van der Waals surface area contributed by atoms with E-state index in [0.29, 0.717) is 5.92 Å². The molecule has 0 spiro atoms. The van der Waals surface area contributed by atoms with Crippen molar-refractivity contribution in [1.29, 1.82) is 0 Å². The molecule has 122 valence electrons. The average molecular weight is 312 g/mol. The van der Waals surface area contributed by atoms with Crippen LogP contribution < -0.4 is 10.2 Å². The summed E-state index contributed by atoms with van der Waals surface area (Å²) < 4.78 is 0. The standard InChI is InChI=1S/C18H24N4O/c23-18(14-5-7-19-13-14)22-11-9-21(10-12-22)17-6-8-20-16-4-2-1-3-15(16)17/h1-4,6,8,14,18-19,23H,5,7,9-13H2. The number of nitrogens with one attached hydrogen (secondary N) is 1. The number of anilines is 1. The van der Waals surface area contributed by atoms with Crippen LogP contribution in [-0.2, 0) is 0 Å². The third-order valence-electron chi connectivity index (χ3n) is 5.18. The molecule has 2 atom stereocenters. The highest BCUT2D eigenvalue weighted by atomic mass is 16.3. The van der Waals surface area contributed by atoms with Gasteiger partial charge in [0.1, 0.15) is 6.23 Å². The summed E-state index contributed by atoms with van der Waals surface area (Å²) in [5, 5.41) is 15.1. The van der Waals surface area contributed by atoms with E-state index in [2.05, 4.69) is 44.4 Å². The van der Waals surface area contributed by atoms with Crippen molar-refractivity contribution in [2.75, 3.05) is 44.2 Å². The maximum absolute atomic E-state index is 10.6. The van der Waals surface area contributed by atoms with Crippen LogP contribution in [0.5, 0.6) is 0 Å². The van der Waals surface area contributed by atoms with Crippen LogP contribution in [0, 0.1) is 5.92 Å². The molecule has 0 saturated carbocycles. The van der Waals surface area contributed by atoms with Gasteiger partial charge in [-0.2, -0.15) is 0 Å². The number of hydrogen-bond acceptors (Lipinski definition) is 5. The summed E-state index contributed by atoms with van der Waals surface area (Å²) in [6.45, 7) is 5.69. The minimum absolute atomic E-state index is 0.304. The van der Waals surface area contributed by atoms with Crippen molar-refractivity contribution < 1.29 is 5.11 Å². The predicted molar refractivity (Wildman–Crippen MR) is 92.5 cm³/mol. The first-order chi connectivity index (χ1) is 11.3. The molecule has 2 aromatic rings. The Morgan fingerprint density at radius 1 is 1.13 bits per heavy atom. The SMILES string of the molecule is OC(C1CCNC1)N1CCN(c2ccnc3ccccc23)CC1. The van der Waals surface area contributed by atoms with Crippen molar-refractivity contribution in [1.82, 2.24) is 15.2 Å². The summed E-state index contributed by atoms with van der Waals surface area (Å²) in [5.74, 6) is 0.378. The van der Waals surface area contributed by atoms with Gasteiger partial charge < -0.3 is 15.3 Å². The zero-order valence-electron chi connectivity index (χ0n) is 13.4. The number of nitrogens with zero attached hydrogens (tertiary/aromatic N) is 3. The van der Waals surface area contributed by atoms with Crippen LogP contribution in [0.1, 0.15) is 6.42 Å². The quantitative estimate of drug-likeness (QED) is 0.894. The van der Waals surface area contributed by atoms with Gasteiger partial charge in [0.05, 0.1) is 5.52 Å². The molecule has 0 amide bonds. The van der Waals surface area contributed by atoms with Crippen molar-refractivity contribution in [3.05, 3.63) is 36.5 Å². The van der Waals surface area contributed by atoms with Gasteiger partial charge in [-0.15, -0.1) is 0 Å². The Labute approximate surface area is 136 Å². The van der Waals surface area contributed by atoms with Crippen molar-refractivity contribution in [2.24, 2.45) is 5.92 Å². The summed E-state index contributed by atoms with van der Waals surface area (Å²) in [5.41, 5.74) is 2.30. The van der Waals surface area contributed by atoms with Crippen LogP contribution in [0.25, 0.3) is 10.9 Å². The van der Waals surface area contributed by atoms with E-state index in [1.54, 1.807) is 0 Å². The Morgan fingerprint density at radius 3 is 2.74 bits per heavy atom. The zero-order valence-corrected chi connectivity index (χ0v) is 13.4. The second kappa shape index (κ2) is 6.43. The van der Waals surface area contributed by atoms with Gasteiger partial charge in [0.25, 0.3) is 0 Å². The molecule has 1 aromatic heterocycles. The number of pyridine rings is 1. The lowest BCUT2D eigenvalue weighted by atomic mass is 10.1. The predicted octanol–water partition coefficient (Wildman–Crippen LogP) is 1.28. The number of para-hydroxylation sites is 1. The van der Waals surface area contributed by atoms with E-state index in [-0.39, 0.29) is 6.23 Å². The maximum atomic E-state index is 10.6. The summed E-state index contributed by atoms with van der Waals surface area (Å²) in [4.78, 5) is 9.10. The van der Waals surface area contributed by atoms with Gasteiger partial charge in [-0.05, 0) is 25.1 Å². The van der Waals surface area contributed by atoms with E-state index in [1.807, 2.05) is 12.3 Å². The van der Waals surface area contributed by atoms with Crippen LogP contribution >= 0.6 is 0 Å². The Kier molecular flexibility index (Phi) is 4.16. The molecule has 2 aliphatic rings. The Bertz CT molecular complexity index is 658. The molecule has 2 saturated heterocycles. The molecular weight excluding hydrogens is 288 g/mol. The third kappa shape index (κ3) is 2.92. The molecular formula is C18H24N4O. The van der Waals surface area contributed by atoms with Crippen LogP contribution in [0.2, 0.25) is 0 Å². The highest BCUT2D eigenvalue weighted by Gasteiger charge is 2.30. The van der Waals surface area contributed by atoms with Crippen molar-refractivity contribution in [3.8, 4) is 0 Å². The van der Waals surface area contributed by atoms with Crippen LogP contribution in [0.4, 0.5) is 5.69 Å². The fourth-order valence-electron chi connectivity index (χ4n) is 3.81. The fourth-order valence-corrected chi connectivity index (χ4v) is 3.81. The normalized spacial score (nSPS) is 24.2. The summed E-state index contributed by atoms with van der Waals surface area (Å²) in [6, 6.07) is 10.4. The zero-order chi connectivity index (χ0) is 15.6. The van der Waals surface area contributed by atoms with E-state index in [9.17, 15) is 5.11 Å². The minimum atomic E-state index is -0.304. The summed E-state index contributed by atoms with van der Waals surface area (Å²) in [7, 11) is 0. The number of aliphatic hydroxyl groups excluding tert-OH is 1. The molecule has 5 heteroatoms. The average Bonchev–Trinajstić information content (AvgIpc) is 3.15. The van der Waals surface area contributed by atoms with Gasteiger partial charge in [0, 0.05) is 55.9 Å². The number of fused-ring (bicyclic) bond motifs is 1. The van der Waals surface area contributed by atoms with Crippen LogP contribution in [-0.4, -0.2) is 60.5 Å². The Morgan fingerprint density at radius 2 is 1.96 bits per heavy atom. The van der Waals surface area contributed by atoms with Gasteiger partial charge in [-0.25, -0.2) is 0 Å². The Hall–Kier alpha value is -1.69. The molecule has 4 rings (SSSR count). The Balaban J connectivity index is 1.46. The monoisotopic (exact) mass is 312 g/mol. The van der Waals surface area contributed by atoms with Crippen LogP contribution in [0.3, 0.4) is 0 Å². The topological polar surface area (TPSA) is 51.6 Å². The molecule has 0 radical (unpaired) electrons. The fraction of sp³-hybridized carbons (Fsp3) is 0.500. The molecule has 23 heavy (non-hydrogen) atoms. The van der Waals surface area contributed by atoms with Gasteiger partial charge in [0.15, 0.2) is 0 Å². The minimum Gasteiger partial charge on any atom is -0.378 e. The van der Waals surface area contributed by atoms with Gasteiger partial charge >= 0.3 is 0 Å². The lowest BCUT2D eigenvalue weighted by Gasteiger charge is -2.40. The smallest absolute Gasteiger partial charge is 0.111 e. The molecule has 2 aliphatic heterocycles. The highest BCUT2D eigenvalue weighted by molar-refractivity contribution is 5.91. The number of benzene rings is 1. The molecule has 1 aromatic carbocycles. The highest BCUT2D eigenvalue weighted by Crippen LogP contribution is 2.27.